The minimum atomic E-state index is -0.479. The standard InChI is InChI=1S/C10H4F2/c11-9-3-1-7-2-4-10(12)6-8(7)5-9/h1-2,5-6H. The van der Waals surface area contributed by atoms with Crippen molar-refractivity contribution in [1.29, 1.82) is 0 Å². The van der Waals surface area contributed by atoms with Crippen LogP contribution in [-0.2, 0) is 0 Å². The molecule has 0 aliphatic rings. The lowest BCUT2D eigenvalue weighted by Gasteiger charge is -1.95. The van der Waals surface area contributed by atoms with Crippen molar-refractivity contribution in [2.75, 3.05) is 0 Å². The van der Waals surface area contributed by atoms with Gasteiger partial charge in [-0.1, -0.05) is 0 Å². The topological polar surface area (TPSA) is 0 Å². The molecule has 2 rings (SSSR count). The minimum absolute atomic E-state index is 0.479. The molecule has 0 bridgehead atoms. The van der Waals surface area contributed by atoms with Crippen molar-refractivity contribution in [2.45, 2.75) is 0 Å². The third-order valence-electron chi connectivity index (χ3n) is 1.63. The van der Waals surface area contributed by atoms with Crippen LogP contribution < -0.4 is 0 Å². The monoisotopic (exact) mass is 162 g/mol. The van der Waals surface area contributed by atoms with Gasteiger partial charge in [0.2, 0.25) is 0 Å². The molecule has 0 fully saturated rings. The molecule has 2 heteroatoms. The number of fused-ring (bicyclic) bond motifs is 1. The van der Waals surface area contributed by atoms with Gasteiger partial charge in [0.05, 0.1) is 0 Å². The zero-order valence-electron chi connectivity index (χ0n) is 6.07. The average molecular weight is 162 g/mol. The van der Waals surface area contributed by atoms with Crippen molar-refractivity contribution < 1.29 is 8.78 Å². The summed E-state index contributed by atoms with van der Waals surface area (Å²) in [6, 6.07) is 10.2. The fourth-order valence-electron chi connectivity index (χ4n) is 1.07. The Morgan fingerprint density at radius 1 is 0.833 bits per heavy atom. The van der Waals surface area contributed by atoms with Crippen LogP contribution in [0.1, 0.15) is 0 Å². The average Bonchev–Trinajstić information content (AvgIpc) is 2.03. The molecule has 12 heavy (non-hydrogen) atoms. The summed E-state index contributed by atoms with van der Waals surface area (Å²) in [5.41, 5.74) is 0. The van der Waals surface area contributed by atoms with E-state index in [0.717, 1.165) is 5.39 Å². The molecular formula is C10H4F2. The first-order valence-electron chi connectivity index (χ1n) is 3.44. The van der Waals surface area contributed by atoms with Gasteiger partial charge in [0.15, 0.2) is 0 Å². The molecular weight excluding hydrogens is 158 g/mol. The van der Waals surface area contributed by atoms with E-state index in [9.17, 15) is 8.78 Å². The van der Waals surface area contributed by atoms with Crippen molar-refractivity contribution in [3.05, 3.63) is 48.0 Å². The van der Waals surface area contributed by atoms with E-state index in [1.165, 1.54) is 24.3 Å². The quantitative estimate of drug-likeness (QED) is 0.558. The first kappa shape index (κ1) is 7.22. The van der Waals surface area contributed by atoms with Gasteiger partial charge in [-0.2, -0.15) is 0 Å². The first-order valence-corrected chi connectivity index (χ1v) is 3.44. The Labute approximate surface area is 68.4 Å². The Bertz CT molecular complexity index is 384. The fraction of sp³-hybridized carbons (Fsp3) is 0. The summed E-state index contributed by atoms with van der Waals surface area (Å²) in [4.78, 5) is 0. The second kappa shape index (κ2) is 2.55. The highest BCUT2D eigenvalue weighted by atomic mass is 19.1. The summed E-state index contributed by atoms with van der Waals surface area (Å²) in [6.45, 7) is 0. The van der Waals surface area contributed by atoms with E-state index >= 15 is 0 Å². The highest BCUT2D eigenvalue weighted by Gasteiger charge is 1.97. The van der Waals surface area contributed by atoms with Gasteiger partial charge in [0.25, 0.3) is 0 Å². The van der Waals surface area contributed by atoms with E-state index in [2.05, 4.69) is 12.1 Å². The van der Waals surface area contributed by atoms with Crippen LogP contribution in [0.3, 0.4) is 0 Å². The molecule has 0 aliphatic heterocycles. The van der Waals surface area contributed by atoms with Crippen LogP contribution in [0.15, 0.2) is 24.3 Å². The summed E-state index contributed by atoms with van der Waals surface area (Å²) >= 11 is 0. The normalized spacial score (nSPS) is 10.5. The molecule has 0 saturated carbocycles. The molecule has 2 aromatic rings. The molecule has 0 atom stereocenters. The molecule has 0 aliphatic carbocycles. The predicted molar refractivity (Wildman–Crippen MR) is 41.5 cm³/mol. The van der Waals surface area contributed by atoms with Crippen LogP contribution in [0.4, 0.5) is 8.78 Å². The van der Waals surface area contributed by atoms with E-state index < -0.39 is 11.6 Å². The van der Waals surface area contributed by atoms with Gasteiger partial charge >= 0.3 is 0 Å². The predicted octanol–water partition coefficient (Wildman–Crippen LogP) is 2.72. The van der Waals surface area contributed by atoms with E-state index in [-0.39, 0.29) is 0 Å². The Hall–Kier alpha value is -1.44. The summed E-state index contributed by atoms with van der Waals surface area (Å²) in [5.74, 6) is -0.957. The zero-order valence-corrected chi connectivity index (χ0v) is 6.07. The Balaban J connectivity index is 2.80. The highest BCUT2D eigenvalue weighted by molar-refractivity contribution is 5.82. The van der Waals surface area contributed by atoms with Gasteiger partial charge in [0.1, 0.15) is 11.6 Å². The third-order valence-corrected chi connectivity index (χ3v) is 1.63. The summed E-state index contributed by atoms with van der Waals surface area (Å²) in [7, 11) is 0. The van der Waals surface area contributed by atoms with E-state index in [4.69, 9.17) is 0 Å². The second-order valence-electron chi connectivity index (χ2n) is 2.47. The molecule has 0 nitrogen and oxygen atoms in total. The smallest absolute Gasteiger partial charge is 0.131 e. The maximum atomic E-state index is 12.6. The summed E-state index contributed by atoms with van der Waals surface area (Å²) in [6.07, 6.45) is 0. The van der Waals surface area contributed by atoms with E-state index in [1.54, 1.807) is 0 Å². The van der Waals surface area contributed by atoms with E-state index in [0.29, 0.717) is 5.39 Å². The van der Waals surface area contributed by atoms with Crippen LogP contribution in [0.5, 0.6) is 0 Å². The van der Waals surface area contributed by atoms with Gasteiger partial charge in [-0.15, -0.1) is 0 Å². The van der Waals surface area contributed by atoms with Crippen LogP contribution in [0.25, 0.3) is 10.8 Å². The zero-order chi connectivity index (χ0) is 8.55. The van der Waals surface area contributed by atoms with Gasteiger partial charge in [-0.3, -0.25) is 0 Å². The number of hydrogen-bond acceptors (Lipinski definition) is 0. The van der Waals surface area contributed by atoms with Crippen molar-refractivity contribution in [1.82, 2.24) is 0 Å². The molecule has 0 unspecified atom stereocenters. The fourth-order valence-corrected chi connectivity index (χ4v) is 1.07. The number of hydrogen-bond donors (Lipinski definition) is 0. The summed E-state index contributed by atoms with van der Waals surface area (Å²) < 4.78 is 25.2. The molecule has 0 N–H and O–H groups in total. The number of benzene rings is 2. The van der Waals surface area contributed by atoms with Gasteiger partial charge in [0, 0.05) is 12.1 Å². The molecule has 0 spiro atoms. The summed E-state index contributed by atoms with van der Waals surface area (Å²) in [5, 5.41) is 1.26. The lowest BCUT2D eigenvalue weighted by atomic mass is 10.1. The molecule has 58 valence electrons. The second-order valence-corrected chi connectivity index (χ2v) is 2.47. The van der Waals surface area contributed by atoms with Crippen molar-refractivity contribution in [3.8, 4) is 0 Å². The van der Waals surface area contributed by atoms with Gasteiger partial charge in [-0.25, -0.2) is 8.78 Å². The largest absolute Gasteiger partial charge is 0.206 e. The SMILES string of the molecule is Fc1[c]cc2c[c]c(F)cc2c1. The van der Waals surface area contributed by atoms with Crippen molar-refractivity contribution >= 4 is 10.8 Å². The van der Waals surface area contributed by atoms with Crippen LogP contribution >= 0.6 is 0 Å². The highest BCUT2D eigenvalue weighted by Crippen LogP contribution is 2.15. The minimum Gasteiger partial charge on any atom is -0.206 e. The van der Waals surface area contributed by atoms with E-state index in [1.807, 2.05) is 0 Å². The molecule has 0 amide bonds. The molecule has 0 heterocycles. The van der Waals surface area contributed by atoms with Crippen molar-refractivity contribution in [3.63, 3.8) is 0 Å². The Morgan fingerprint density at radius 3 is 1.83 bits per heavy atom. The van der Waals surface area contributed by atoms with Crippen LogP contribution in [-0.4, -0.2) is 0 Å². The maximum Gasteiger partial charge on any atom is 0.131 e. The maximum absolute atomic E-state index is 12.6. The van der Waals surface area contributed by atoms with Gasteiger partial charge in [-0.05, 0) is 35.0 Å². The van der Waals surface area contributed by atoms with Crippen LogP contribution in [0.2, 0.25) is 0 Å². The molecule has 0 saturated heterocycles. The molecule has 2 radical (unpaired) electrons. The first-order chi connectivity index (χ1) is 5.75. The lowest BCUT2D eigenvalue weighted by molar-refractivity contribution is 0.623. The molecule has 2 aromatic carbocycles. The third kappa shape index (κ3) is 1.16. The Kier molecular flexibility index (Phi) is 1.54. The van der Waals surface area contributed by atoms with Crippen LogP contribution in [0, 0.1) is 23.8 Å². The lowest BCUT2D eigenvalue weighted by Crippen LogP contribution is -1.79. The Morgan fingerprint density at radius 2 is 1.33 bits per heavy atom. The van der Waals surface area contributed by atoms with Gasteiger partial charge < -0.3 is 0 Å². The van der Waals surface area contributed by atoms with Crippen molar-refractivity contribution in [2.24, 2.45) is 0 Å². The number of rotatable bonds is 0. The molecule has 0 aromatic heterocycles. The number of halogens is 2.